The molecule has 100 valence electrons. The van der Waals surface area contributed by atoms with Crippen molar-refractivity contribution in [1.82, 2.24) is 0 Å². The number of rotatable bonds is 3. The Kier molecular flexibility index (Phi) is 4.43. The molecule has 0 amide bonds. The van der Waals surface area contributed by atoms with Crippen LogP contribution in [0.15, 0.2) is 36.4 Å². The molecular formula is C15H12Cl2F2. The molecule has 2 aromatic rings. The lowest BCUT2D eigenvalue weighted by atomic mass is 10.0. The van der Waals surface area contributed by atoms with Crippen molar-refractivity contribution in [2.24, 2.45) is 0 Å². The van der Waals surface area contributed by atoms with Crippen molar-refractivity contribution in [1.29, 1.82) is 0 Å². The van der Waals surface area contributed by atoms with Gasteiger partial charge in [-0.25, -0.2) is 8.78 Å². The Morgan fingerprint density at radius 3 is 2.32 bits per heavy atom. The molecule has 1 atom stereocenters. The molecule has 19 heavy (non-hydrogen) atoms. The van der Waals surface area contributed by atoms with Crippen LogP contribution in [0.1, 0.15) is 22.1 Å². The van der Waals surface area contributed by atoms with Gasteiger partial charge in [0.2, 0.25) is 0 Å². The van der Waals surface area contributed by atoms with E-state index < -0.39 is 17.0 Å². The van der Waals surface area contributed by atoms with E-state index in [2.05, 4.69) is 0 Å². The van der Waals surface area contributed by atoms with Crippen LogP contribution in [0.5, 0.6) is 0 Å². The average molecular weight is 301 g/mol. The monoisotopic (exact) mass is 300 g/mol. The van der Waals surface area contributed by atoms with Crippen LogP contribution in [-0.4, -0.2) is 0 Å². The van der Waals surface area contributed by atoms with Gasteiger partial charge in [0.1, 0.15) is 11.6 Å². The first kappa shape index (κ1) is 14.3. The van der Waals surface area contributed by atoms with Gasteiger partial charge in [0.25, 0.3) is 0 Å². The molecule has 2 rings (SSSR count). The van der Waals surface area contributed by atoms with E-state index in [-0.39, 0.29) is 0 Å². The average Bonchev–Trinajstić information content (AvgIpc) is 2.36. The summed E-state index contributed by atoms with van der Waals surface area (Å²) in [6, 6.07) is 9.53. The molecule has 0 fully saturated rings. The Bertz CT molecular complexity index is 579. The van der Waals surface area contributed by atoms with Crippen molar-refractivity contribution in [3.63, 3.8) is 0 Å². The molecule has 0 aromatic heterocycles. The van der Waals surface area contributed by atoms with E-state index >= 15 is 0 Å². The van der Waals surface area contributed by atoms with Crippen LogP contribution < -0.4 is 0 Å². The predicted molar refractivity (Wildman–Crippen MR) is 74.8 cm³/mol. The largest absolute Gasteiger partial charge is 0.207 e. The SMILES string of the molecule is Cc1cc(C(Cl)Cc2ccc(Cl)cc2)c(F)cc1F. The second-order valence-electron chi connectivity index (χ2n) is 4.42. The first-order chi connectivity index (χ1) is 8.97. The molecule has 0 bridgehead atoms. The van der Waals surface area contributed by atoms with Gasteiger partial charge in [0, 0.05) is 16.7 Å². The topological polar surface area (TPSA) is 0 Å². The summed E-state index contributed by atoms with van der Waals surface area (Å²) < 4.78 is 26.9. The highest BCUT2D eigenvalue weighted by molar-refractivity contribution is 6.30. The molecule has 1 unspecified atom stereocenters. The highest BCUT2D eigenvalue weighted by Crippen LogP contribution is 2.29. The van der Waals surface area contributed by atoms with E-state index in [9.17, 15) is 8.78 Å². The second-order valence-corrected chi connectivity index (χ2v) is 5.38. The molecule has 0 radical (unpaired) electrons. The van der Waals surface area contributed by atoms with Crippen molar-refractivity contribution in [2.75, 3.05) is 0 Å². The van der Waals surface area contributed by atoms with E-state index in [0.717, 1.165) is 11.6 Å². The summed E-state index contributed by atoms with van der Waals surface area (Å²) >= 11 is 12.0. The minimum Gasteiger partial charge on any atom is -0.207 e. The molecule has 0 aliphatic rings. The molecule has 0 nitrogen and oxygen atoms in total. The van der Waals surface area contributed by atoms with Gasteiger partial charge in [-0.2, -0.15) is 0 Å². The Hall–Kier alpha value is -1.12. The van der Waals surface area contributed by atoms with Gasteiger partial charge in [0.05, 0.1) is 5.38 Å². The molecule has 4 heteroatoms. The summed E-state index contributed by atoms with van der Waals surface area (Å²) in [4.78, 5) is 0. The number of hydrogen-bond donors (Lipinski definition) is 0. The van der Waals surface area contributed by atoms with Gasteiger partial charge in [-0.15, -0.1) is 11.6 Å². The van der Waals surface area contributed by atoms with Crippen molar-refractivity contribution in [3.05, 3.63) is 69.7 Å². The van der Waals surface area contributed by atoms with Gasteiger partial charge >= 0.3 is 0 Å². The Labute approximate surface area is 121 Å². The van der Waals surface area contributed by atoms with Crippen LogP contribution >= 0.6 is 23.2 Å². The zero-order valence-electron chi connectivity index (χ0n) is 10.3. The molecule has 0 spiro atoms. The number of aryl methyl sites for hydroxylation is 1. The van der Waals surface area contributed by atoms with Crippen LogP contribution in [0, 0.1) is 18.6 Å². The minimum absolute atomic E-state index is 0.315. The van der Waals surface area contributed by atoms with Crippen molar-refractivity contribution < 1.29 is 8.78 Å². The van der Waals surface area contributed by atoms with Gasteiger partial charge in [-0.3, -0.25) is 0 Å². The number of halogens is 4. The van der Waals surface area contributed by atoms with Crippen molar-refractivity contribution in [3.8, 4) is 0 Å². The normalized spacial score (nSPS) is 12.5. The van der Waals surface area contributed by atoms with E-state index in [1.54, 1.807) is 19.1 Å². The number of hydrogen-bond acceptors (Lipinski definition) is 0. The van der Waals surface area contributed by atoms with Crippen LogP contribution in [0.2, 0.25) is 5.02 Å². The fraction of sp³-hybridized carbons (Fsp3) is 0.200. The first-order valence-corrected chi connectivity index (χ1v) is 6.63. The summed E-state index contributed by atoms with van der Waals surface area (Å²) in [5, 5.41) is 0.0964. The Balaban J connectivity index is 2.22. The lowest BCUT2D eigenvalue weighted by Gasteiger charge is -2.12. The third-order valence-electron chi connectivity index (χ3n) is 2.94. The zero-order chi connectivity index (χ0) is 14.0. The van der Waals surface area contributed by atoms with Crippen LogP contribution in [0.4, 0.5) is 8.78 Å². The molecule has 0 aliphatic heterocycles. The third kappa shape index (κ3) is 3.46. The van der Waals surface area contributed by atoms with Gasteiger partial charge in [0.15, 0.2) is 0 Å². The summed E-state index contributed by atoms with van der Waals surface area (Å²) in [6.07, 6.45) is 0.459. The molecule has 0 N–H and O–H groups in total. The number of benzene rings is 2. The number of alkyl halides is 1. The lowest BCUT2D eigenvalue weighted by molar-refractivity contribution is 0.564. The zero-order valence-corrected chi connectivity index (χ0v) is 11.8. The highest BCUT2D eigenvalue weighted by atomic mass is 35.5. The van der Waals surface area contributed by atoms with Gasteiger partial charge in [-0.1, -0.05) is 23.7 Å². The summed E-state index contributed by atoms with van der Waals surface area (Å²) in [6.45, 7) is 1.59. The van der Waals surface area contributed by atoms with Crippen molar-refractivity contribution in [2.45, 2.75) is 18.7 Å². The quantitative estimate of drug-likeness (QED) is 0.661. The van der Waals surface area contributed by atoms with Crippen LogP contribution in [-0.2, 0) is 6.42 Å². The lowest BCUT2D eigenvalue weighted by Crippen LogP contribution is -2.01. The van der Waals surface area contributed by atoms with E-state index in [0.29, 0.717) is 22.6 Å². The second kappa shape index (κ2) is 5.89. The van der Waals surface area contributed by atoms with Crippen LogP contribution in [0.25, 0.3) is 0 Å². The van der Waals surface area contributed by atoms with E-state index in [4.69, 9.17) is 23.2 Å². The summed E-state index contributed by atoms with van der Waals surface area (Å²) in [7, 11) is 0. The fourth-order valence-electron chi connectivity index (χ4n) is 1.86. The molecule has 0 saturated heterocycles. The smallest absolute Gasteiger partial charge is 0.130 e. The highest BCUT2D eigenvalue weighted by Gasteiger charge is 2.16. The minimum atomic E-state index is -0.614. The first-order valence-electron chi connectivity index (χ1n) is 5.81. The maximum atomic E-state index is 13.7. The van der Waals surface area contributed by atoms with Crippen LogP contribution in [0.3, 0.4) is 0 Å². The van der Waals surface area contributed by atoms with Crippen molar-refractivity contribution >= 4 is 23.2 Å². The molecule has 0 aliphatic carbocycles. The Morgan fingerprint density at radius 1 is 1.05 bits per heavy atom. The van der Waals surface area contributed by atoms with Gasteiger partial charge in [-0.05, 0) is 42.7 Å². The predicted octanol–water partition coefficient (Wildman–Crippen LogP) is 5.45. The third-order valence-corrected chi connectivity index (χ3v) is 3.58. The van der Waals surface area contributed by atoms with E-state index in [1.165, 1.54) is 6.07 Å². The summed E-state index contributed by atoms with van der Waals surface area (Å²) in [5.41, 5.74) is 1.65. The van der Waals surface area contributed by atoms with Gasteiger partial charge < -0.3 is 0 Å². The fourth-order valence-corrected chi connectivity index (χ4v) is 2.33. The Morgan fingerprint density at radius 2 is 1.68 bits per heavy atom. The molecular weight excluding hydrogens is 289 g/mol. The van der Waals surface area contributed by atoms with E-state index in [1.807, 2.05) is 12.1 Å². The standard InChI is InChI=1S/C15H12Cl2F2/c1-9-6-12(15(19)8-14(9)18)13(17)7-10-2-4-11(16)5-3-10/h2-6,8,13H,7H2,1H3. The summed E-state index contributed by atoms with van der Waals surface area (Å²) in [5.74, 6) is -1.17. The molecule has 0 saturated carbocycles. The maximum absolute atomic E-state index is 13.7. The molecule has 0 heterocycles. The maximum Gasteiger partial charge on any atom is 0.130 e. The molecule has 2 aromatic carbocycles.